The fourth-order valence-electron chi connectivity index (χ4n) is 2.47. The predicted octanol–water partition coefficient (Wildman–Crippen LogP) is 2.91. The molecule has 0 saturated carbocycles. The maximum Gasteiger partial charge on any atom is 0.176 e. The molecule has 1 aromatic carbocycles. The van der Waals surface area contributed by atoms with E-state index in [4.69, 9.17) is 14.2 Å². The van der Waals surface area contributed by atoms with E-state index in [-0.39, 0.29) is 18.3 Å². The Balaban J connectivity index is 1.68. The van der Waals surface area contributed by atoms with Crippen LogP contribution in [0.2, 0.25) is 0 Å². The van der Waals surface area contributed by atoms with Gasteiger partial charge >= 0.3 is 0 Å². The summed E-state index contributed by atoms with van der Waals surface area (Å²) >= 11 is 0. The van der Waals surface area contributed by atoms with Crippen LogP contribution in [0.3, 0.4) is 0 Å². The minimum atomic E-state index is -0.440. The van der Waals surface area contributed by atoms with E-state index in [1.807, 2.05) is 49.4 Å². The average molecular weight is 306 g/mol. The maximum atomic E-state index is 10.3. The Bertz CT molecular complexity index is 446. The van der Waals surface area contributed by atoms with E-state index in [9.17, 15) is 5.11 Å². The van der Waals surface area contributed by atoms with Crippen molar-refractivity contribution in [3.05, 3.63) is 48.0 Å². The zero-order valence-electron chi connectivity index (χ0n) is 13.4. The van der Waals surface area contributed by atoms with Gasteiger partial charge in [0.2, 0.25) is 0 Å². The first-order valence-corrected chi connectivity index (χ1v) is 7.83. The Hall–Kier alpha value is -1.20. The van der Waals surface area contributed by atoms with Crippen LogP contribution in [0.4, 0.5) is 0 Å². The Morgan fingerprint density at radius 1 is 1.32 bits per heavy atom. The van der Waals surface area contributed by atoms with Crippen molar-refractivity contribution in [3.63, 3.8) is 0 Å². The second-order valence-corrected chi connectivity index (χ2v) is 5.81. The first kappa shape index (κ1) is 17.2. The monoisotopic (exact) mass is 306 g/mol. The van der Waals surface area contributed by atoms with Gasteiger partial charge in [-0.25, -0.2) is 0 Å². The standard InChI is InChI=1S/C18H26O4/c1-14(12-21-13-15-7-4-3-5-8-15)17(19)11-16-9-6-10-18(20-2)22-16/h3-8,10,14,16-19H,9,11-13H2,1-2H3/t14-,16-,17-,18?/m0/s1. The Morgan fingerprint density at radius 2 is 2.09 bits per heavy atom. The van der Waals surface area contributed by atoms with E-state index in [1.54, 1.807) is 7.11 Å². The van der Waals surface area contributed by atoms with Crippen LogP contribution in [-0.2, 0) is 20.8 Å². The lowest BCUT2D eigenvalue weighted by Crippen LogP contribution is -2.32. The van der Waals surface area contributed by atoms with Crippen molar-refractivity contribution in [1.29, 1.82) is 0 Å². The molecule has 1 heterocycles. The molecular weight excluding hydrogens is 280 g/mol. The van der Waals surface area contributed by atoms with Gasteiger partial charge in [-0.2, -0.15) is 0 Å². The van der Waals surface area contributed by atoms with E-state index in [0.29, 0.717) is 19.6 Å². The minimum Gasteiger partial charge on any atom is -0.393 e. The zero-order chi connectivity index (χ0) is 15.8. The molecule has 1 N–H and O–H groups in total. The second kappa shape index (κ2) is 9.06. The molecule has 0 radical (unpaired) electrons. The van der Waals surface area contributed by atoms with Gasteiger partial charge in [0.05, 0.1) is 25.4 Å². The molecule has 1 aromatic rings. The first-order chi connectivity index (χ1) is 10.7. The third kappa shape index (κ3) is 5.54. The zero-order valence-corrected chi connectivity index (χ0v) is 13.4. The van der Waals surface area contributed by atoms with E-state index in [0.717, 1.165) is 12.0 Å². The van der Waals surface area contributed by atoms with Crippen LogP contribution in [0.1, 0.15) is 25.3 Å². The van der Waals surface area contributed by atoms with E-state index < -0.39 is 6.10 Å². The van der Waals surface area contributed by atoms with Crippen LogP contribution in [0, 0.1) is 5.92 Å². The molecule has 4 heteroatoms. The number of aliphatic hydroxyl groups excluding tert-OH is 1. The molecule has 0 saturated heterocycles. The Labute approximate surface area is 132 Å². The minimum absolute atomic E-state index is 0.00141. The number of methoxy groups -OCH3 is 1. The Kier molecular flexibility index (Phi) is 7.06. The fourth-order valence-corrected chi connectivity index (χ4v) is 2.47. The van der Waals surface area contributed by atoms with Gasteiger partial charge in [0.25, 0.3) is 0 Å². The normalized spacial score (nSPS) is 24.1. The number of aliphatic hydroxyl groups is 1. The average Bonchev–Trinajstić information content (AvgIpc) is 2.56. The highest BCUT2D eigenvalue weighted by Crippen LogP contribution is 2.20. The van der Waals surface area contributed by atoms with Gasteiger partial charge in [-0.1, -0.05) is 43.3 Å². The molecule has 0 bridgehead atoms. The topological polar surface area (TPSA) is 47.9 Å². The van der Waals surface area contributed by atoms with Crippen molar-refractivity contribution < 1.29 is 19.3 Å². The van der Waals surface area contributed by atoms with Crippen molar-refractivity contribution in [2.45, 2.75) is 44.9 Å². The Morgan fingerprint density at radius 3 is 2.82 bits per heavy atom. The highest BCUT2D eigenvalue weighted by atomic mass is 16.7. The summed E-state index contributed by atoms with van der Waals surface area (Å²) in [5, 5.41) is 10.3. The molecule has 0 fully saturated rings. The summed E-state index contributed by atoms with van der Waals surface area (Å²) in [5.74, 6) is 0.0687. The molecule has 0 spiro atoms. The van der Waals surface area contributed by atoms with Crippen molar-refractivity contribution in [1.82, 2.24) is 0 Å². The van der Waals surface area contributed by atoms with E-state index in [2.05, 4.69) is 0 Å². The maximum absolute atomic E-state index is 10.3. The molecular formula is C18H26O4. The van der Waals surface area contributed by atoms with Gasteiger partial charge in [-0.15, -0.1) is 0 Å². The molecule has 4 atom stereocenters. The molecule has 0 aliphatic carbocycles. The molecule has 1 aliphatic heterocycles. The van der Waals surface area contributed by atoms with E-state index >= 15 is 0 Å². The van der Waals surface area contributed by atoms with Gasteiger partial charge in [0.15, 0.2) is 6.29 Å². The highest BCUT2D eigenvalue weighted by molar-refractivity contribution is 5.13. The van der Waals surface area contributed by atoms with Gasteiger partial charge in [-0.05, 0) is 18.1 Å². The van der Waals surface area contributed by atoms with Crippen molar-refractivity contribution >= 4 is 0 Å². The third-order valence-corrected chi connectivity index (χ3v) is 3.90. The molecule has 4 nitrogen and oxygen atoms in total. The molecule has 1 unspecified atom stereocenters. The van der Waals surface area contributed by atoms with Gasteiger partial charge in [-0.3, -0.25) is 0 Å². The number of hydrogen-bond donors (Lipinski definition) is 1. The lowest BCUT2D eigenvalue weighted by atomic mass is 9.97. The summed E-state index contributed by atoms with van der Waals surface area (Å²) in [6.07, 6.45) is 4.62. The van der Waals surface area contributed by atoms with Crippen molar-refractivity contribution in [2.75, 3.05) is 13.7 Å². The number of rotatable bonds is 8. The molecule has 122 valence electrons. The highest BCUT2D eigenvalue weighted by Gasteiger charge is 2.24. The first-order valence-electron chi connectivity index (χ1n) is 7.83. The summed E-state index contributed by atoms with van der Waals surface area (Å²) in [5.41, 5.74) is 1.15. The molecule has 0 amide bonds. The summed E-state index contributed by atoms with van der Waals surface area (Å²) in [4.78, 5) is 0. The summed E-state index contributed by atoms with van der Waals surface area (Å²) < 4.78 is 16.6. The van der Waals surface area contributed by atoms with Crippen LogP contribution in [0.5, 0.6) is 0 Å². The lowest BCUT2D eigenvalue weighted by Gasteiger charge is -2.28. The summed E-state index contributed by atoms with van der Waals surface area (Å²) in [6, 6.07) is 10.1. The summed E-state index contributed by atoms with van der Waals surface area (Å²) in [7, 11) is 1.62. The van der Waals surface area contributed by atoms with Gasteiger partial charge in [0.1, 0.15) is 0 Å². The molecule has 22 heavy (non-hydrogen) atoms. The van der Waals surface area contributed by atoms with Gasteiger partial charge in [0, 0.05) is 19.4 Å². The smallest absolute Gasteiger partial charge is 0.176 e. The summed E-state index contributed by atoms with van der Waals surface area (Å²) in [6.45, 7) is 3.11. The number of hydrogen-bond acceptors (Lipinski definition) is 4. The largest absolute Gasteiger partial charge is 0.393 e. The van der Waals surface area contributed by atoms with Crippen LogP contribution >= 0.6 is 0 Å². The lowest BCUT2D eigenvalue weighted by molar-refractivity contribution is -0.142. The predicted molar refractivity (Wildman–Crippen MR) is 85.3 cm³/mol. The third-order valence-electron chi connectivity index (χ3n) is 3.90. The molecule has 1 aliphatic rings. The fraction of sp³-hybridized carbons (Fsp3) is 0.556. The van der Waals surface area contributed by atoms with E-state index in [1.165, 1.54) is 0 Å². The second-order valence-electron chi connectivity index (χ2n) is 5.81. The molecule has 2 rings (SSSR count). The van der Waals surface area contributed by atoms with Crippen molar-refractivity contribution in [2.24, 2.45) is 5.92 Å². The van der Waals surface area contributed by atoms with Crippen molar-refractivity contribution in [3.8, 4) is 0 Å². The number of benzene rings is 1. The van der Waals surface area contributed by atoms with Crippen LogP contribution in [-0.4, -0.2) is 37.3 Å². The van der Waals surface area contributed by atoms with Crippen LogP contribution in [0.25, 0.3) is 0 Å². The SMILES string of the molecule is COC1C=CC[C@@H](C[C@H](O)[C@@H](C)COCc2ccccc2)O1. The quantitative estimate of drug-likeness (QED) is 0.750. The van der Waals surface area contributed by atoms with Crippen LogP contribution in [0.15, 0.2) is 42.5 Å². The van der Waals surface area contributed by atoms with Crippen LogP contribution < -0.4 is 0 Å². The molecule has 0 aromatic heterocycles. The van der Waals surface area contributed by atoms with Gasteiger partial charge < -0.3 is 19.3 Å². The number of ether oxygens (including phenoxy) is 3.